The summed E-state index contributed by atoms with van der Waals surface area (Å²) in [5, 5.41) is 5.54. The first-order chi connectivity index (χ1) is 15.6. The molecule has 32 heavy (non-hydrogen) atoms. The van der Waals surface area contributed by atoms with Crippen LogP contribution in [0.1, 0.15) is 48.0 Å². The van der Waals surface area contributed by atoms with Crippen LogP contribution in [0.25, 0.3) is 0 Å². The number of benzene rings is 2. The van der Waals surface area contributed by atoms with Crippen molar-refractivity contribution in [1.29, 1.82) is 0 Å². The molecule has 1 aliphatic rings. The van der Waals surface area contributed by atoms with Crippen molar-refractivity contribution in [3.05, 3.63) is 83.4 Å². The number of nitrogens with one attached hydrogen (secondary N) is 2. The van der Waals surface area contributed by atoms with E-state index >= 15 is 0 Å². The molecular weight excluding hydrogens is 404 g/mol. The lowest BCUT2D eigenvalue weighted by Crippen LogP contribution is -2.44. The molecule has 2 N–H and O–H groups in total. The molecule has 2 aromatic rings. The molecule has 6 heteroatoms. The van der Waals surface area contributed by atoms with E-state index in [0.717, 1.165) is 24.8 Å². The highest BCUT2D eigenvalue weighted by molar-refractivity contribution is 5.97. The van der Waals surface area contributed by atoms with Crippen molar-refractivity contribution in [2.45, 2.75) is 44.6 Å². The molecule has 0 spiro atoms. The van der Waals surface area contributed by atoms with Crippen LogP contribution in [0.5, 0.6) is 0 Å². The van der Waals surface area contributed by atoms with E-state index in [4.69, 9.17) is 4.74 Å². The number of hydrogen-bond acceptors (Lipinski definition) is 4. The Morgan fingerprint density at radius 1 is 0.938 bits per heavy atom. The summed E-state index contributed by atoms with van der Waals surface area (Å²) >= 11 is 0. The van der Waals surface area contributed by atoms with Gasteiger partial charge in [0.2, 0.25) is 0 Å². The predicted molar refractivity (Wildman–Crippen MR) is 123 cm³/mol. The minimum atomic E-state index is -0.898. The van der Waals surface area contributed by atoms with Crippen molar-refractivity contribution in [3.63, 3.8) is 0 Å². The highest BCUT2D eigenvalue weighted by Crippen LogP contribution is 2.19. The quantitative estimate of drug-likeness (QED) is 0.442. The van der Waals surface area contributed by atoms with Gasteiger partial charge in [0.1, 0.15) is 6.04 Å². The largest absolute Gasteiger partial charge is 0.454 e. The van der Waals surface area contributed by atoms with E-state index in [9.17, 15) is 14.4 Å². The van der Waals surface area contributed by atoms with Crippen LogP contribution >= 0.6 is 0 Å². The number of rotatable bonds is 10. The molecule has 2 aromatic carbocycles. The van der Waals surface area contributed by atoms with Gasteiger partial charge in [0.05, 0.1) is 0 Å². The van der Waals surface area contributed by atoms with Crippen molar-refractivity contribution >= 4 is 17.8 Å². The van der Waals surface area contributed by atoms with E-state index in [1.54, 1.807) is 24.3 Å². The first kappa shape index (κ1) is 23.3. The number of hydrogen-bond donors (Lipinski definition) is 2. The fourth-order valence-electron chi connectivity index (χ4n) is 3.66. The third kappa shape index (κ3) is 7.69. The van der Waals surface area contributed by atoms with E-state index in [-0.39, 0.29) is 24.8 Å². The minimum absolute atomic E-state index is 0.272. The van der Waals surface area contributed by atoms with Gasteiger partial charge in [-0.3, -0.25) is 9.59 Å². The molecule has 168 valence electrons. The van der Waals surface area contributed by atoms with Crippen LogP contribution in [0, 0.1) is 0 Å². The Balaban J connectivity index is 1.52. The number of esters is 1. The van der Waals surface area contributed by atoms with Crippen molar-refractivity contribution < 1.29 is 19.1 Å². The molecule has 6 nitrogen and oxygen atoms in total. The summed E-state index contributed by atoms with van der Waals surface area (Å²) < 4.78 is 5.24. The van der Waals surface area contributed by atoms with Crippen LogP contribution in [0.2, 0.25) is 0 Å². The first-order valence-electron chi connectivity index (χ1n) is 11.1. The number of amides is 2. The van der Waals surface area contributed by atoms with Crippen LogP contribution in [-0.2, 0) is 20.7 Å². The second-order valence-corrected chi connectivity index (χ2v) is 7.90. The fourth-order valence-corrected chi connectivity index (χ4v) is 3.66. The van der Waals surface area contributed by atoms with Gasteiger partial charge in [0, 0.05) is 18.5 Å². The van der Waals surface area contributed by atoms with Gasteiger partial charge in [0.15, 0.2) is 6.61 Å². The van der Waals surface area contributed by atoms with E-state index in [1.807, 2.05) is 36.4 Å². The van der Waals surface area contributed by atoms with Gasteiger partial charge in [0.25, 0.3) is 11.8 Å². The Bertz CT molecular complexity index is 925. The summed E-state index contributed by atoms with van der Waals surface area (Å²) in [6, 6.07) is 17.2. The molecule has 0 aliphatic heterocycles. The molecule has 0 fully saturated rings. The lowest BCUT2D eigenvalue weighted by molar-refractivity contribution is -0.150. The standard InChI is InChI=1S/C26H30N2O4/c29-24(27-17-16-20-10-4-1-5-11-20)19-32-26(31)23(18-21-12-6-2-7-13-21)28-25(30)22-14-8-3-9-15-22/h2-3,6-10,12-15,23H,1,4-5,11,16-19H2,(H,27,29)(H,28,30)/t23-/m0/s1. The van der Waals surface area contributed by atoms with Gasteiger partial charge in [-0.05, 0) is 49.8 Å². The molecular formula is C26H30N2O4. The summed E-state index contributed by atoms with van der Waals surface area (Å²) in [4.78, 5) is 37.4. The molecule has 0 bridgehead atoms. The van der Waals surface area contributed by atoms with Gasteiger partial charge in [-0.1, -0.05) is 60.2 Å². The normalized spacial score (nSPS) is 14.1. The Morgan fingerprint density at radius 2 is 1.66 bits per heavy atom. The van der Waals surface area contributed by atoms with Crippen LogP contribution in [-0.4, -0.2) is 37.0 Å². The molecule has 0 aromatic heterocycles. The molecule has 0 heterocycles. The van der Waals surface area contributed by atoms with E-state index in [1.165, 1.54) is 18.4 Å². The zero-order valence-electron chi connectivity index (χ0n) is 18.2. The summed E-state index contributed by atoms with van der Waals surface area (Å²) in [5.41, 5.74) is 2.71. The predicted octanol–water partition coefficient (Wildman–Crippen LogP) is 3.58. The summed E-state index contributed by atoms with van der Waals surface area (Å²) in [7, 11) is 0. The Hall–Kier alpha value is -3.41. The Morgan fingerprint density at radius 3 is 2.34 bits per heavy atom. The summed E-state index contributed by atoms with van der Waals surface area (Å²) in [6.45, 7) is 0.158. The van der Waals surface area contributed by atoms with Crippen LogP contribution < -0.4 is 10.6 Å². The second kappa shape index (κ2) is 12.4. The number of allylic oxidation sites excluding steroid dienone is 1. The minimum Gasteiger partial charge on any atom is -0.454 e. The monoisotopic (exact) mass is 434 g/mol. The van der Waals surface area contributed by atoms with Crippen LogP contribution in [0.4, 0.5) is 0 Å². The average molecular weight is 435 g/mol. The van der Waals surface area contributed by atoms with Gasteiger partial charge in [-0.2, -0.15) is 0 Å². The van der Waals surface area contributed by atoms with Gasteiger partial charge >= 0.3 is 5.97 Å². The summed E-state index contributed by atoms with van der Waals surface area (Å²) in [6.07, 6.45) is 7.98. The lowest BCUT2D eigenvalue weighted by atomic mass is 9.97. The van der Waals surface area contributed by atoms with Gasteiger partial charge < -0.3 is 15.4 Å². The Labute approximate surface area is 189 Å². The third-order valence-electron chi connectivity index (χ3n) is 5.41. The Kier molecular flexibility index (Phi) is 9.05. The maximum absolute atomic E-state index is 12.7. The fraction of sp³-hybridized carbons (Fsp3) is 0.346. The SMILES string of the molecule is O=C(COC(=O)[C@H](Cc1ccccc1)NC(=O)c1ccccc1)NCCC1=CCCCC1. The molecule has 0 saturated carbocycles. The molecule has 0 saturated heterocycles. The maximum atomic E-state index is 12.7. The zero-order chi connectivity index (χ0) is 22.6. The highest BCUT2D eigenvalue weighted by atomic mass is 16.5. The second-order valence-electron chi connectivity index (χ2n) is 7.90. The maximum Gasteiger partial charge on any atom is 0.329 e. The van der Waals surface area contributed by atoms with Crippen molar-refractivity contribution in [3.8, 4) is 0 Å². The number of carbonyl (C=O) groups excluding carboxylic acids is 3. The van der Waals surface area contributed by atoms with Gasteiger partial charge in [-0.25, -0.2) is 4.79 Å². The van der Waals surface area contributed by atoms with Crippen molar-refractivity contribution in [1.82, 2.24) is 10.6 Å². The number of ether oxygens (including phenoxy) is 1. The molecule has 2 amide bonds. The molecule has 0 unspecified atom stereocenters. The van der Waals surface area contributed by atoms with E-state index in [2.05, 4.69) is 16.7 Å². The van der Waals surface area contributed by atoms with E-state index in [0.29, 0.717) is 12.1 Å². The lowest BCUT2D eigenvalue weighted by Gasteiger charge is -2.18. The van der Waals surface area contributed by atoms with Crippen LogP contribution in [0.15, 0.2) is 72.3 Å². The summed E-state index contributed by atoms with van der Waals surface area (Å²) in [5.74, 6) is -1.35. The topological polar surface area (TPSA) is 84.5 Å². The first-order valence-corrected chi connectivity index (χ1v) is 11.1. The van der Waals surface area contributed by atoms with Gasteiger partial charge in [-0.15, -0.1) is 0 Å². The molecule has 3 rings (SSSR count). The van der Waals surface area contributed by atoms with Crippen molar-refractivity contribution in [2.75, 3.05) is 13.2 Å². The van der Waals surface area contributed by atoms with Crippen LogP contribution in [0.3, 0.4) is 0 Å². The van der Waals surface area contributed by atoms with E-state index < -0.39 is 12.0 Å². The molecule has 0 radical (unpaired) electrons. The zero-order valence-corrected chi connectivity index (χ0v) is 18.2. The highest BCUT2D eigenvalue weighted by Gasteiger charge is 2.24. The smallest absolute Gasteiger partial charge is 0.329 e. The average Bonchev–Trinajstić information content (AvgIpc) is 2.84. The van der Waals surface area contributed by atoms with Crippen molar-refractivity contribution in [2.24, 2.45) is 0 Å². The third-order valence-corrected chi connectivity index (χ3v) is 5.41. The number of carbonyl (C=O) groups is 3. The molecule has 1 aliphatic carbocycles. The molecule has 1 atom stereocenters.